The zero-order valence-electron chi connectivity index (χ0n) is 18.2. The molecule has 8 nitrogen and oxygen atoms in total. The first-order chi connectivity index (χ1) is 13.3. The minimum Gasteiger partial charge on any atom is -0.362 e. The Balaban J connectivity index is 2.20. The van der Waals surface area contributed by atoms with Gasteiger partial charge in [-0.25, -0.2) is 0 Å². The largest absolute Gasteiger partial charge is 0.362 e. The maximum atomic E-state index is 12.7. The van der Waals surface area contributed by atoms with Crippen molar-refractivity contribution in [3.8, 4) is 0 Å². The zero-order valence-corrected chi connectivity index (χ0v) is 18.2. The van der Waals surface area contributed by atoms with Crippen LogP contribution in [-0.2, 0) is 4.79 Å². The topological polar surface area (TPSA) is 95.8 Å². The van der Waals surface area contributed by atoms with E-state index in [2.05, 4.69) is 26.1 Å². The monoisotopic (exact) mass is 404 g/mol. The second-order valence-electron chi connectivity index (χ2n) is 9.53. The highest BCUT2D eigenvalue weighted by molar-refractivity contribution is 5.96. The van der Waals surface area contributed by atoms with Gasteiger partial charge in [0.15, 0.2) is 0 Å². The molecule has 0 spiro atoms. The number of nitro groups is 1. The van der Waals surface area contributed by atoms with Gasteiger partial charge in [-0.1, -0.05) is 20.8 Å². The number of benzene rings is 1. The third-order valence-corrected chi connectivity index (χ3v) is 4.92. The first-order valence-corrected chi connectivity index (χ1v) is 9.90. The van der Waals surface area contributed by atoms with E-state index in [0.29, 0.717) is 31.9 Å². The molecule has 1 heterocycles. The van der Waals surface area contributed by atoms with Crippen LogP contribution in [0.4, 0.5) is 11.4 Å². The third kappa shape index (κ3) is 6.17. The number of hydrogen-bond acceptors (Lipinski definition) is 5. The van der Waals surface area contributed by atoms with Crippen molar-refractivity contribution < 1.29 is 14.5 Å². The summed E-state index contributed by atoms with van der Waals surface area (Å²) in [5, 5.41) is 14.7. The summed E-state index contributed by atoms with van der Waals surface area (Å²) < 4.78 is 0. The van der Waals surface area contributed by atoms with Crippen LogP contribution >= 0.6 is 0 Å². The van der Waals surface area contributed by atoms with Crippen LogP contribution in [0.1, 0.15) is 58.3 Å². The van der Waals surface area contributed by atoms with E-state index in [0.717, 1.165) is 6.42 Å². The molecule has 0 aliphatic carbocycles. The summed E-state index contributed by atoms with van der Waals surface area (Å²) in [7, 11) is 0. The van der Waals surface area contributed by atoms with Crippen LogP contribution in [0.2, 0.25) is 0 Å². The number of nitro benzene ring substituents is 1. The smallest absolute Gasteiger partial charge is 0.293 e. The van der Waals surface area contributed by atoms with Crippen molar-refractivity contribution in [2.75, 3.05) is 31.1 Å². The predicted molar refractivity (Wildman–Crippen MR) is 113 cm³/mol. The molecule has 0 bridgehead atoms. The van der Waals surface area contributed by atoms with E-state index in [-0.39, 0.29) is 28.5 Å². The third-order valence-electron chi connectivity index (χ3n) is 4.92. The zero-order chi connectivity index (χ0) is 22.0. The summed E-state index contributed by atoms with van der Waals surface area (Å²) in [5.41, 5.74) is 0.247. The lowest BCUT2D eigenvalue weighted by atomic mass is 9.81. The number of carbonyl (C=O) groups is 2. The molecule has 1 aliphatic heterocycles. The van der Waals surface area contributed by atoms with Gasteiger partial charge in [-0.3, -0.25) is 19.7 Å². The Labute approximate surface area is 172 Å². The van der Waals surface area contributed by atoms with Crippen LogP contribution in [0.15, 0.2) is 18.2 Å². The van der Waals surface area contributed by atoms with Crippen LogP contribution < -0.4 is 10.2 Å². The van der Waals surface area contributed by atoms with E-state index in [1.807, 2.05) is 18.7 Å². The molecule has 1 aromatic carbocycles. The summed E-state index contributed by atoms with van der Waals surface area (Å²) in [5.74, 6) is -0.320. The van der Waals surface area contributed by atoms with Gasteiger partial charge in [0.05, 0.1) is 4.92 Å². The Bertz CT molecular complexity index is 790. The van der Waals surface area contributed by atoms with Gasteiger partial charge in [-0.05, 0) is 37.8 Å². The van der Waals surface area contributed by atoms with E-state index in [1.165, 1.54) is 13.0 Å². The standard InChI is InChI=1S/C21H32N4O4/c1-15(26)23-9-11-24(12-10-23)17-8-7-16(13-18(17)25(28)29)19(27)22-21(5,6)14-20(2,3)4/h7-8,13H,9-12,14H2,1-6H3,(H,22,27). The van der Waals surface area contributed by atoms with Gasteiger partial charge in [-0.15, -0.1) is 0 Å². The average molecular weight is 405 g/mol. The molecule has 29 heavy (non-hydrogen) atoms. The molecule has 160 valence electrons. The average Bonchev–Trinajstić information content (AvgIpc) is 2.58. The molecule has 8 heteroatoms. The van der Waals surface area contributed by atoms with E-state index in [1.54, 1.807) is 17.0 Å². The summed E-state index contributed by atoms with van der Waals surface area (Å²) in [4.78, 5) is 39.1. The Morgan fingerprint density at radius 2 is 1.69 bits per heavy atom. The molecule has 1 aliphatic rings. The number of rotatable bonds is 5. The first kappa shape index (κ1) is 22.6. The Kier molecular flexibility index (Phi) is 6.55. The number of piperazine rings is 1. The summed E-state index contributed by atoms with van der Waals surface area (Å²) in [6.45, 7) is 13.8. The molecular formula is C21H32N4O4. The van der Waals surface area contributed by atoms with Crippen LogP contribution in [0, 0.1) is 15.5 Å². The van der Waals surface area contributed by atoms with E-state index < -0.39 is 10.5 Å². The van der Waals surface area contributed by atoms with Crippen molar-refractivity contribution in [3.05, 3.63) is 33.9 Å². The molecule has 1 fully saturated rings. The highest BCUT2D eigenvalue weighted by Crippen LogP contribution is 2.31. The summed E-state index contributed by atoms with van der Waals surface area (Å²) in [6.07, 6.45) is 0.770. The van der Waals surface area contributed by atoms with E-state index in [4.69, 9.17) is 0 Å². The highest BCUT2D eigenvalue weighted by Gasteiger charge is 2.29. The fraction of sp³-hybridized carbons (Fsp3) is 0.619. The number of amides is 2. The number of nitrogens with one attached hydrogen (secondary N) is 1. The quantitative estimate of drug-likeness (QED) is 0.600. The maximum absolute atomic E-state index is 12.7. The minimum absolute atomic E-state index is 0.00374. The normalized spacial score (nSPS) is 15.2. The SMILES string of the molecule is CC(=O)N1CCN(c2ccc(C(=O)NC(C)(C)CC(C)(C)C)cc2[N+](=O)[O-])CC1. The second-order valence-corrected chi connectivity index (χ2v) is 9.53. The van der Waals surface area contributed by atoms with Gasteiger partial charge in [0.25, 0.3) is 11.6 Å². The highest BCUT2D eigenvalue weighted by atomic mass is 16.6. The second kappa shape index (κ2) is 8.39. The van der Waals surface area contributed by atoms with E-state index in [9.17, 15) is 19.7 Å². The number of hydrogen-bond donors (Lipinski definition) is 1. The van der Waals surface area contributed by atoms with Crippen molar-refractivity contribution in [2.45, 2.75) is 53.5 Å². The number of nitrogens with zero attached hydrogens (tertiary/aromatic N) is 3. The lowest BCUT2D eigenvalue weighted by Crippen LogP contribution is -2.48. The van der Waals surface area contributed by atoms with Crippen molar-refractivity contribution in [1.29, 1.82) is 0 Å². The van der Waals surface area contributed by atoms with Crippen LogP contribution in [0.25, 0.3) is 0 Å². The minimum atomic E-state index is -0.455. The molecule has 0 radical (unpaired) electrons. The molecule has 0 aromatic heterocycles. The first-order valence-electron chi connectivity index (χ1n) is 9.90. The summed E-state index contributed by atoms with van der Waals surface area (Å²) >= 11 is 0. The van der Waals surface area contributed by atoms with Gasteiger partial charge in [-0.2, -0.15) is 0 Å². The van der Waals surface area contributed by atoms with Gasteiger partial charge in [0, 0.05) is 50.3 Å². The molecule has 0 saturated carbocycles. The van der Waals surface area contributed by atoms with Gasteiger partial charge < -0.3 is 15.1 Å². The van der Waals surface area contributed by atoms with Crippen LogP contribution in [0.5, 0.6) is 0 Å². The van der Waals surface area contributed by atoms with Crippen molar-refractivity contribution in [2.24, 2.45) is 5.41 Å². The maximum Gasteiger partial charge on any atom is 0.293 e. The van der Waals surface area contributed by atoms with E-state index >= 15 is 0 Å². The molecule has 1 N–H and O–H groups in total. The van der Waals surface area contributed by atoms with Gasteiger partial charge >= 0.3 is 0 Å². The molecular weight excluding hydrogens is 372 g/mol. The summed E-state index contributed by atoms with van der Waals surface area (Å²) in [6, 6.07) is 4.60. The molecule has 2 amide bonds. The van der Waals surface area contributed by atoms with Crippen molar-refractivity contribution in [3.63, 3.8) is 0 Å². The number of carbonyl (C=O) groups excluding carboxylic acids is 2. The lowest BCUT2D eigenvalue weighted by molar-refractivity contribution is -0.384. The fourth-order valence-electron chi connectivity index (χ4n) is 4.09. The molecule has 1 saturated heterocycles. The number of anilines is 1. The van der Waals surface area contributed by atoms with Crippen LogP contribution in [0.3, 0.4) is 0 Å². The predicted octanol–water partition coefficient (Wildman–Crippen LogP) is 3.21. The Morgan fingerprint density at radius 3 is 2.17 bits per heavy atom. The lowest BCUT2D eigenvalue weighted by Gasteiger charge is -2.35. The van der Waals surface area contributed by atoms with Crippen molar-refractivity contribution in [1.82, 2.24) is 10.2 Å². The van der Waals surface area contributed by atoms with Crippen molar-refractivity contribution >= 4 is 23.2 Å². The fourth-order valence-corrected chi connectivity index (χ4v) is 4.09. The Morgan fingerprint density at radius 1 is 1.10 bits per heavy atom. The molecule has 0 unspecified atom stereocenters. The van der Waals surface area contributed by atoms with Gasteiger partial charge in [0.1, 0.15) is 5.69 Å². The molecule has 0 atom stereocenters. The van der Waals surface area contributed by atoms with Crippen LogP contribution in [-0.4, -0.2) is 53.4 Å². The Hall–Kier alpha value is -2.64. The molecule has 2 rings (SSSR count). The van der Waals surface area contributed by atoms with Gasteiger partial charge in [0.2, 0.25) is 5.91 Å². The molecule has 1 aromatic rings.